The maximum absolute atomic E-state index is 12.7. The van der Waals surface area contributed by atoms with Crippen LogP contribution in [0.25, 0.3) is 0 Å². The van der Waals surface area contributed by atoms with E-state index >= 15 is 0 Å². The zero-order chi connectivity index (χ0) is 17.2. The minimum atomic E-state index is -0.0591. The van der Waals surface area contributed by atoms with Crippen LogP contribution in [-0.4, -0.2) is 48.7 Å². The number of para-hydroxylation sites is 1. The molecule has 1 N–H and O–H groups in total. The van der Waals surface area contributed by atoms with Gasteiger partial charge in [0.1, 0.15) is 0 Å². The van der Waals surface area contributed by atoms with Crippen molar-refractivity contribution in [1.29, 1.82) is 0 Å². The molecule has 0 bridgehead atoms. The van der Waals surface area contributed by atoms with Gasteiger partial charge >= 0.3 is 6.03 Å². The first-order valence-corrected chi connectivity index (χ1v) is 9.46. The summed E-state index contributed by atoms with van der Waals surface area (Å²) in [6, 6.07) is 8.88. The molecule has 1 unspecified atom stereocenters. The largest absolute Gasteiger partial charge is 0.378 e. The summed E-state index contributed by atoms with van der Waals surface area (Å²) >= 11 is 1.44. The van der Waals surface area contributed by atoms with E-state index in [1.807, 2.05) is 10.3 Å². The van der Waals surface area contributed by atoms with Crippen molar-refractivity contribution in [2.75, 3.05) is 37.0 Å². The van der Waals surface area contributed by atoms with E-state index in [0.717, 1.165) is 38.2 Å². The summed E-state index contributed by atoms with van der Waals surface area (Å²) in [6.07, 6.45) is 1.99. The molecule has 132 valence electrons. The number of methoxy groups -OCH3 is 1. The quantitative estimate of drug-likeness (QED) is 0.916. The van der Waals surface area contributed by atoms with Crippen molar-refractivity contribution in [2.24, 2.45) is 0 Å². The third kappa shape index (κ3) is 3.34. The van der Waals surface area contributed by atoms with Crippen molar-refractivity contribution >= 4 is 28.2 Å². The van der Waals surface area contributed by atoms with Gasteiger partial charge in [0, 0.05) is 37.8 Å². The molecular formula is C18H22N4O2S. The van der Waals surface area contributed by atoms with E-state index in [1.165, 1.54) is 22.6 Å². The second-order valence-corrected chi connectivity index (χ2v) is 7.34. The fourth-order valence-electron chi connectivity index (χ4n) is 3.70. The van der Waals surface area contributed by atoms with E-state index in [0.29, 0.717) is 17.8 Å². The minimum Gasteiger partial charge on any atom is -0.378 e. The van der Waals surface area contributed by atoms with Crippen molar-refractivity contribution in [3.63, 3.8) is 0 Å². The molecular weight excluding hydrogens is 336 g/mol. The molecule has 0 spiro atoms. The number of fused-ring (bicyclic) bond motifs is 3. The zero-order valence-electron chi connectivity index (χ0n) is 14.3. The molecule has 1 fully saturated rings. The molecule has 1 aromatic carbocycles. The van der Waals surface area contributed by atoms with Gasteiger partial charge < -0.3 is 14.5 Å². The van der Waals surface area contributed by atoms with Crippen molar-refractivity contribution in [3.05, 3.63) is 40.9 Å². The van der Waals surface area contributed by atoms with Crippen LogP contribution >= 0.6 is 11.3 Å². The maximum Gasteiger partial charge on any atom is 0.323 e. The predicted molar refractivity (Wildman–Crippen MR) is 99.3 cm³/mol. The highest BCUT2D eigenvalue weighted by Crippen LogP contribution is 2.33. The van der Waals surface area contributed by atoms with Crippen LogP contribution in [0.3, 0.4) is 0 Å². The Balaban J connectivity index is 1.42. The van der Waals surface area contributed by atoms with Crippen molar-refractivity contribution in [3.8, 4) is 0 Å². The summed E-state index contributed by atoms with van der Waals surface area (Å²) in [4.78, 5) is 21.4. The van der Waals surface area contributed by atoms with Gasteiger partial charge in [-0.1, -0.05) is 18.2 Å². The number of nitrogens with zero attached hydrogens (tertiary/aromatic N) is 3. The molecule has 4 rings (SSSR count). The predicted octanol–water partition coefficient (Wildman–Crippen LogP) is 2.96. The molecule has 0 radical (unpaired) electrons. The maximum atomic E-state index is 12.7. The molecule has 25 heavy (non-hydrogen) atoms. The fourth-order valence-corrected chi connectivity index (χ4v) is 4.39. The van der Waals surface area contributed by atoms with Crippen molar-refractivity contribution in [1.82, 2.24) is 9.88 Å². The summed E-state index contributed by atoms with van der Waals surface area (Å²) in [7, 11) is 1.64. The molecule has 2 aromatic rings. The smallest absolute Gasteiger partial charge is 0.323 e. The summed E-state index contributed by atoms with van der Waals surface area (Å²) in [5.41, 5.74) is 3.56. The van der Waals surface area contributed by atoms with Gasteiger partial charge in [0.25, 0.3) is 0 Å². The Morgan fingerprint density at radius 1 is 1.40 bits per heavy atom. The molecule has 1 saturated heterocycles. The molecule has 2 aliphatic rings. The van der Waals surface area contributed by atoms with Crippen molar-refractivity contribution < 1.29 is 9.53 Å². The van der Waals surface area contributed by atoms with E-state index < -0.39 is 0 Å². The number of carbonyl (C=O) groups excluding carboxylic acids is 1. The van der Waals surface area contributed by atoms with E-state index in [2.05, 4.69) is 39.5 Å². The van der Waals surface area contributed by atoms with Crippen LogP contribution in [0.1, 0.15) is 17.7 Å². The van der Waals surface area contributed by atoms with Crippen molar-refractivity contribution in [2.45, 2.75) is 25.5 Å². The van der Waals surface area contributed by atoms with Crippen LogP contribution in [0.2, 0.25) is 0 Å². The molecule has 6 nitrogen and oxygen atoms in total. The van der Waals surface area contributed by atoms with Gasteiger partial charge in [0.15, 0.2) is 5.13 Å². The Labute approximate surface area is 151 Å². The summed E-state index contributed by atoms with van der Waals surface area (Å²) in [6.45, 7) is 2.99. The average Bonchev–Trinajstić information content (AvgIpc) is 3.12. The topological polar surface area (TPSA) is 57.7 Å². The Hall–Kier alpha value is -2.12. The molecule has 2 aliphatic heterocycles. The average molecular weight is 358 g/mol. The highest BCUT2D eigenvalue weighted by Gasteiger charge is 2.33. The van der Waals surface area contributed by atoms with E-state index in [4.69, 9.17) is 4.74 Å². The first kappa shape index (κ1) is 16.4. The normalized spacial score (nSPS) is 19.3. The number of benzene rings is 1. The van der Waals surface area contributed by atoms with Gasteiger partial charge in [0.05, 0.1) is 18.3 Å². The lowest BCUT2D eigenvalue weighted by Crippen LogP contribution is -2.43. The number of hydrogen-bond donors (Lipinski definition) is 1. The Morgan fingerprint density at radius 2 is 2.28 bits per heavy atom. The van der Waals surface area contributed by atoms with Gasteiger partial charge in [-0.15, -0.1) is 11.3 Å². The van der Waals surface area contributed by atoms with Gasteiger partial charge in [-0.3, -0.25) is 5.32 Å². The number of ether oxygens (including phenoxy) is 1. The van der Waals surface area contributed by atoms with Gasteiger partial charge in [-0.2, -0.15) is 0 Å². The van der Waals surface area contributed by atoms with Crippen LogP contribution < -0.4 is 10.2 Å². The van der Waals surface area contributed by atoms with Gasteiger partial charge in [0.2, 0.25) is 0 Å². The first-order chi connectivity index (χ1) is 12.2. The minimum absolute atomic E-state index is 0.0591. The van der Waals surface area contributed by atoms with Gasteiger partial charge in [-0.25, -0.2) is 9.78 Å². The molecule has 0 aliphatic carbocycles. The third-order valence-corrected chi connectivity index (χ3v) is 5.61. The molecule has 1 aromatic heterocycles. The Morgan fingerprint density at radius 3 is 3.16 bits per heavy atom. The monoisotopic (exact) mass is 358 g/mol. The third-order valence-electron chi connectivity index (χ3n) is 4.80. The van der Waals surface area contributed by atoms with Crippen LogP contribution in [-0.2, 0) is 17.8 Å². The van der Waals surface area contributed by atoms with E-state index in [1.54, 1.807) is 7.11 Å². The number of thiazole rings is 1. The summed E-state index contributed by atoms with van der Waals surface area (Å²) in [5.74, 6) is 0. The first-order valence-electron chi connectivity index (χ1n) is 8.58. The van der Waals surface area contributed by atoms with E-state index in [-0.39, 0.29) is 6.03 Å². The van der Waals surface area contributed by atoms with Crippen LogP contribution in [0.5, 0.6) is 0 Å². The lowest BCUT2D eigenvalue weighted by Gasteiger charge is -2.27. The molecule has 7 heteroatoms. The summed E-state index contributed by atoms with van der Waals surface area (Å²) < 4.78 is 5.07. The Bertz CT molecular complexity index is 763. The number of nitrogens with one attached hydrogen (secondary N) is 1. The number of urea groups is 1. The highest BCUT2D eigenvalue weighted by atomic mass is 32.1. The van der Waals surface area contributed by atoms with Gasteiger partial charge in [-0.05, 0) is 24.5 Å². The lowest BCUT2D eigenvalue weighted by molar-refractivity contribution is 0.182. The molecule has 1 atom stereocenters. The standard InChI is InChI=1S/C18H22N4O2S/c1-24-11-14-12-25-17(19-14)20-18(23)21-7-4-8-22-15(10-21)9-13-5-2-3-6-16(13)22/h2-3,5-6,12,15H,4,7-11H2,1H3,(H,19,20,23). The van der Waals surface area contributed by atoms with Crippen LogP contribution in [0.15, 0.2) is 29.6 Å². The number of aromatic nitrogens is 1. The summed E-state index contributed by atoms with van der Waals surface area (Å²) in [5, 5.41) is 5.49. The highest BCUT2D eigenvalue weighted by molar-refractivity contribution is 7.13. The number of amides is 2. The number of rotatable bonds is 3. The number of carbonyl (C=O) groups is 1. The second kappa shape index (κ2) is 7.01. The Kier molecular flexibility index (Phi) is 4.59. The van der Waals surface area contributed by atoms with Crippen LogP contribution in [0.4, 0.5) is 15.6 Å². The van der Waals surface area contributed by atoms with E-state index in [9.17, 15) is 4.79 Å². The number of anilines is 2. The second-order valence-electron chi connectivity index (χ2n) is 6.49. The number of hydrogen-bond acceptors (Lipinski definition) is 5. The molecule has 2 amide bonds. The fraction of sp³-hybridized carbons (Fsp3) is 0.444. The zero-order valence-corrected chi connectivity index (χ0v) is 15.1. The van der Waals surface area contributed by atoms with Crippen LogP contribution in [0, 0.1) is 0 Å². The molecule has 0 saturated carbocycles. The lowest BCUT2D eigenvalue weighted by atomic mass is 10.1. The SMILES string of the molecule is COCc1csc(NC(=O)N2CCCN3c4ccccc4CC3C2)n1. The molecule has 3 heterocycles.